The van der Waals surface area contributed by atoms with Gasteiger partial charge in [0.2, 0.25) is 0 Å². The van der Waals surface area contributed by atoms with Gasteiger partial charge in [-0.15, -0.1) is 0 Å². The molecule has 10 atom stereocenters. The van der Waals surface area contributed by atoms with Crippen molar-refractivity contribution in [3.05, 3.63) is 97.1 Å². The smallest absolute Gasteiger partial charge is 0.374 e. The molecule has 328 valence electrons. The molecular formula is C37H36N10O12P2S2. The van der Waals surface area contributed by atoms with Crippen molar-refractivity contribution < 1.29 is 55.8 Å². The van der Waals surface area contributed by atoms with Gasteiger partial charge in [0.1, 0.15) is 48.3 Å². The number of hydrogen-bond donors (Lipinski definition) is 4. The average molecular weight is 939 g/mol. The molecule has 2 aromatic carbocycles. The number of ether oxygens (including phenoxy) is 4. The van der Waals surface area contributed by atoms with Crippen LogP contribution in [0.25, 0.3) is 22.3 Å². The minimum Gasteiger partial charge on any atom is -0.374 e. The highest BCUT2D eigenvalue weighted by molar-refractivity contribution is 8.44. The molecular weight excluding hydrogens is 903 g/mol. The topological polar surface area (TPSA) is 253 Å². The number of imidazole rings is 2. The Morgan fingerprint density at radius 3 is 1.79 bits per heavy atom. The summed E-state index contributed by atoms with van der Waals surface area (Å²) in [5, 5.41) is 5.53. The van der Waals surface area contributed by atoms with Crippen molar-refractivity contribution in [1.29, 1.82) is 0 Å². The Hall–Kier alpha value is -4.68. The monoisotopic (exact) mass is 938 g/mol. The highest BCUT2D eigenvalue weighted by Crippen LogP contribution is 2.64. The fourth-order valence-corrected chi connectivity index (χ4v) is 11.2. The van der Waals surface area contributed by atoms with Gasteiger partial charge in [0.05, 0.1) is 32.5 Å². The van der Waals surface area contributed by atoms with Gasteiger partial charge in [-0.3, -0.25) is 36.8 Å². The number of fused-ring (bicyclic) bond motifs is 3. The second kappa shape index (κ2) is 16.1. The second-order valence-electron chi connectivity index (χ2n) is 15.1. The number of methoxy groups -OCH3 is 1. The highest BCUT2D eigenvalue weighted by atomic mass is 32.7. The summed E-state index contributed by atoms with van der Waals surface area (Å²) in [5.41, 5.74) is -1.35. The minimum absolute atomic E-state index is 0.137. The quantitative estimate of drug-likeness (QED) is 0.121. The molecule has 10 rings (SSSR count). The third-order valence-electron chi connectivity index (χ3n) is 11.1. The van der Waals surface area contributed by atoms with Gasteiger partial charge in [-0.1, -0.05) is 60.9 Å². The van der Waals surface area contributed by atoms with Crippen LogP contribution in [0.2, 0.25) is 0 Å². The first kappa shape index (κ1) is 42.3. The summed E-state index contributed by atoms with van der Waals surface area (Å²) in [5.74, 6) is -0.538. The number of carbonyl (C=O) groups is 2. The van der Waals surface area contributed by atoms with Crippen molar-refractivity contribution in [2.24, 2.45) is 0 Å². The number of aromatic nitrogens is 8. The summed E-state index contributed by atoms with van der Waals surface area (Å²) in [6, 6.07) is 17.2. The second-order valence-corrected chi connectivity index (χ2v) is 20.9. The normalized spacial score (nSPS) is 33.0. The molecule has 4 aromatic heterocycles. The maximum Gasteiger partial charge on any atom is 0.386 e. The van der Waals surface area contributed by atoms with E-state index in [0.29, 0.717) is 11.1 Å². The van der Waals surface area contributed by atoms with Crippen LogP contribution < -0.4 is 10.6 Å². The third kappa shape index (κ3) is 7.66. The molecule has 4 aliphatic rings. The van der Waals surface area contributed by atoms with Crippen LogP contribution >= 0.6 is 38.1 Å². The molecule has 0 spiro atoms. The molecule has 4 saturated heterocycles. The molecule has 6 aromatic rings. The lowest BCUT2D eigenvalue weighted by Crippen LogP contribution is -2.48. The number of nitrogens with one attached hydrogen (secondary N) is 2. The summed E-state index contributed by atoms with van der Waals surface area (Å²) in [7, 11) is 1.39. The zero-order valence-corrected chi connectivity index (χ0v) is 36.5. The number of hydrogen-bond acceptors (Lipinski definition) is 18. The Balaban J connectivity index is 0.921. The van der Waals surface area contributed by atoms with Crippen LogP contribution in [0.15, 0.2) is 86.0 Å². The number of rotatable bonds is 7. The van der Waals surface area contributed by atoms with E-state index in [1.807, 2.05) is 0 Å². The molecule has 0 aliphatic carbocycles. The van der Waals surface area contributed by atoms with Gasteiger partial charge in [0, 0.05) is 18.2 Å². The van der Waals surface area contributed by atoms with Crippen molar-refractivity contribution >= 4 is 83.9 Å². The van der Waals surface area contributed by atoms with Crippen molar-refractivity contribution in [1.82, 2.24) is 39.0 Å². The van der Waals surface area contributed by atoms with Crippen LogP contribution in [-0.4, -0.2) is 113 Å². The van der Waals surface area contributed by atoms with E-state index >= 15 is 0 Å². The maximum absolute atomic E-state index is 14.3. The van der Waals surface area contributed by atoms with E-state index in [0.717, 1.165) is 0 Å². The van der Waals surface area contributed by atoms with Crippen LogP contribution in [0.5, 0.6) is 0 Å². The molecule has 0 saturated carbocycles. The minimum atomic E-state index is -4.37. The Morgan fingerprint density at radius 1 is 0.714 bits per heavy atom. The molecule has 63 heavy (non-hydrogen) atoms. The van der Waals surface area contributed by atoms with Crippen LogP contribution in [0.1, 0.15) is 40.1 Å². The predicted octanol–water partition coefficient (Wildman–Crippen LogP) is 5.03. The largest absolute Gasteiger partial charge is 0.386 e. The summed E-state index contributed by atoms with van der Waals surface area (Å²) >= 11 is 8.73. The van der Waals surface area contributed by atoms with Crippen molar-refractivity contribution in [3.8, 4) is 0 Å². The van der Waals surface area contributed by atoms with E-state index in [4.69, 9.17) is 37.0 Å². The number of benzene rings is 2. The Labute approximate surface area is 367 Å². The molecule has 8 heterocycles. The van der Waals surface area contributed by atoms with Crippen LogP contribution in [-0.2, 0) is 46.2 Å². The molecule has 2 N–H and O–H groups in total. The zero-order valence-electron chi connectivity index (χ0n) is 32.9. The lowest BCUT2D eigenvalue weighted by Gasteiger charge is -2.36. The van der Waals surface area contributed by atoms with Gasteiger partial charge >= 0.3 is 13.6 Å². The van der Waals surface area contributed by atoms with E-state index in [9.17, 15) is 18.7 Å². The third-order valence-corrected chi connectivity index (χ3v) is 14.3. The maximum atomic E-state index is 14.3. The first-order valence-electron chi connectivity index (χ1n) is 19.2. The summed E-state index contributed by atoms with van der Waals surface area (Å²) < 4.78 is 81.1. The molecule has 2 bridgehead atoms. The van der Waals surface area contributed by atoms with Gasteiger partial charge in [-0.25, -0.2) is 39.0 Å². The molecule has 26 heteroatoms. The van der Waals surface area contributed by atoms with Crippen LogP contribution in [0, 0.1) is 0 Å². The van der Waals surface area contributed by atoms with E-state index in [1.165, 1.54) is 37.0 Å². The SMILES string of the molecule is CO[C@H]1[C@H](n2cnc3c(NC(=O)c4ccccc4)ncnc32)O[C@]2(C)CO[P@@](=O)(S)O[C@H]3[C@H]4OC[C@]3(CO[P@@](=O)(S)O[C@@H]12)O[C@H]4n1cnc2c(NC(=O)c3ccccc3)ncnc21. The predicted molar refractivity (Wildman–Crippen MR) is 226 cm³/mol. The molecule has 0 unspecified atom stereocenters. The van der Waals surface area contributed by atoms with Crippen LogP contribution in [0.3, 0.4) is 0 Å². The van der Waals surface area contributed by atoms with Crippen LogP contribution in [0.4, 0.5) is 11.6 Å². The fourth-order valence-electron chi connectivity index (χ4n) is 8.07. The highest BCUT2D eigenvalue weighted by Gasteiger charge is 2.66. The lowest BCUT2D eigenvalue weighted by atomic mass is 9.98. The van der Waals surface area contributed by atoms with Crippen molar-refractivity contribution in [2.75, 3.05) is 37.6 Å². The van der Waals surface area contributed by atoms with Gasteiger partial charge < -0.3 is 29.6 Å². The Morgan fingerprint density at radius 2 is 1.24 bits per heavy atom. The van der Waals surface area contributed by atoms with Gasteiger partial charge in [-0.2, -0.15) is 0 Å². The van der Waals surface area contributed by atoms with E-state index in [2.05, 4.69) is 65.0 Å². The number of carbonyl (C=O) groups excluding carboxylic acids is 2. The van der Waals surface area contributed by atoms with E-state index < -0.39 is 86.7 Å². The zero-order chi connectivity index (χ0) is 43.7. The standard InChI is InChI=1S/C37H36N10O12P2S2/c1-36-13-54-60(50,62)59-27-25-35(47-19-43-23-29(39-17-41-31(23)47)45-33(49)21-11-7-4-8-12-21)57-37(27,14-53-25)15-55-61(51,63)58-26(36)24(52-2)34(56-36)46-18-42-22-28(38-16-40-30(22)46)44-32(48)20-9-5-3-6-10-20/h3-12,16-19,24-27,34-35H,13-15H2,1-2H3,(H,50,62)(H,51,63)(H,38,40,44,48)(H,39,41,45,49)/t24-,25-,26+,27+,34-,35-,36-,37-,60-,61-/m1/s1. The Kier molecular flexibility index (Phi) is 10.8. The van der Waals surface area contributed by atoms with Gasteiger partial charge in [0.15, 0.2) is 46.4 Å². The van der Waals surface area contributed by atoms with E-state index in [-0.39, 0.29) is 40.6 Å². The van der Waals surface area contributed by atoms with Crippen molar-refractivity contribution in [3.63, 3.8) is 0 Å². The number of nitrogens with zero attached hydrogens (tertiary/aromatic N) is 8. The number of amides is 2. The first-order chi connectivity index (χ1) is 30.3. The molecule has 0 radical (unpaired) electrons. The molecule has 22 nitrogen and oxygen atoms in total. The molecule has 4 aliphatic heterocycles. The first-order valence-corrected chi connectivity index (χ1v) is 24.6. The average Bonchev–Trinajstić information content (AvgIpc) is 4.10. The van der Waals surface area contributed by atoms with E-state index in [1.54, 1.807) is 72.2 Å². The molecule has 4 fully saturated rings. The Bertz CT molecular complexity index is 2850. The van der Waals surface area contributed by atoms with Gasteiger partial charge in [0.25, 0.3) is 11.8 Å². The summed E-state index contributed by atoms with van der Waals surface area (Å²) in [6.45, 7) is -8.28. The number of anilines is 2. The lowest BCUT2D eigenvalue weighted by molar-refractivity contribution is -0.183. The molecule has 2 amide bonds. The number of thiol groups is 2. The summed E-state index contributed by atoms with van der Waals surface area (Å²) in [6.07, 6.45) is -1.28. The van der Waals surface area contributed by atoms with Gasteiger partial charge in [-0.05, 0) is 31.2 Å². The summed E-state index contributed by atoms with van der Waals surface area (Å²) in [4.78, 5) is 52.2. The van der Waals surface area contributed by atoms with Crippen molar-refractivity contribution in [2.45, 2.75) is 55.0 Å². The fraction of sp³-hybridized carbons (Fsp3) is 0.351.